The first kappa shape index (κ1) is 30.2. The zero-order valence-electron chi connectivity index (χ0n) is 24.6. The van der Waals surface area contributed by atoms with Crippen LogP contribution in [0, 0.1) is 29.6 Å². The molecule has 0 aliphatic carbocycles. The third-order valence-electron chi connectivity index (χ3n) is 8.70. The molecule has 2 aromatic rings. The molecule has 6 atom stereocenters. The quantitative estimate of drug-likeness (QED) is 0.201. The Morgan fingerprint density at radius 3 is 1.59 bits per heavy atom. The molecule has 7 heteroatoms. The van der Waals surface area contributed by atoms with E-state index < -0.39 is 6.04 Å². The third-order valence-corrected chi connectivity index (χ3v) is 8.70. The Morgan fingerprint density at radius 1 is 0.769 bits per heavy atom. The average Bonchev–Trinajstić information content (AvgIpc) is 3.46. The summed E-state index contributed by atoms with van der Waals surface area (Å²) in [5.74, 6) is 1.97. The molecule has 0 N–H and O–H groups in total. The second kappa shape index (κ2) is 13.7. The Kier molecular flexibility index (Phi) is 10.6. The van der Waals surface area contributed by atoms with Crippen LogP contribution in [0.3, 0.4) is 0 Å². The molecule has 210 valence electrons. The molecule has 2 aliphatic heterocycles. The van der Waals surface area contributed by atoms with Crippen molar-refractivity contribution < 1.29 is 9.59 Å². The van der Waals surface area contributed by atoms with Gasteiger partial charge in [0.15, 0.2) is 0 Å². The van der Waals surface area contributed by atoms with Gasteiger partial charge < -0.3 is 9.80 Å². The SMILES string of the molecule is CC(C)[C@H]1CN([C@H](C)c2ccccc2)C(=O)[C@H]1N=[N+]=[N-].CC[C@@H]1C(=O)N([C@H](C)c2ccccc2)C[C@@H]1C(C)C. The Hall–Kier alpha value is -3.31. The van der Waals surface area contributed by atoms with Crippen LogP contribution in [0.25, 0.3) is 10.4 Å². The summed E-state index contributed by atoms with van der Waals surface area (Å²) in [6.07, 6.45) is 0.958. The molecular weight excluding hydrogens is 486 g/mol. The van der Waals surface area contributed by atoms with Crippen LogP contribution in [-0.4, -0.2) is 40.7 Å². The second-order valence-corrected chi connectivity index (χ2v) is 11.6. The Morgan fingerprint density at radius 2 is 1.21 bits per heavy atom. The van der Waals surface area contributed by atoms with Crippen molar-refractivity contribution in [1.29, 1.82) is 0 Å². The monoisotopic (exact) mass is 531 g/mol. The molecule has 4 rings (SSSR count). The predicted octanol–water partition coefficient (Wildman–Crippen LogP) is 7.43. The summed E-state index contributed by atoms with van der Waals surface area (Å²) in [5, 5.41) is 3.72. The maximum atomic E-state index is 12.6. The molecule has 39 heavy (non-hydrogen) atoms. The molecule has 2 heterocycles. The fourth-order valence-corrected chi connectivity index (χ4v) is 6.05. The highest BCUT2D eigenvalue weighted by Gasteiger charge is 2.43. The number of benzene rings is 2. The molecule has 0 bridgehead atoms. The van der Waals surface area contributed by atoms with E-state index in [0.29, 0.717) is 30.2 Å². The number of hydrogen-bond donors (Lipinski definition) is 0. The number of hydrogen-bond acceptors (Lipinski definition) is 3. The molecular formula is C32H45N5O2. The van der Waals surface area contributed by atoms with Gasteiger partial charge in [-0.15, -0.1) is 0 Å². The molecule has 2 fully saturated rings. The lowest BCUT2D eigenvalue weighted by Crippen LogP contribution is -2.31. The second-order valence-electron chi connectivity index (χ2n) is 11.6. The van der Waals surface area contributed by atoms with Gasteiger partial charge >= 0.3 is 0 Å². The number of nitrogens with zero attached hydrogens (tertiary/aromatic N) is 5. The van der Waals surface area contributed by atoms with Gasteiger partial charge in [-0.05, 0) is 60.6 Å². The summed E-state index contributed by atoms with van der Waals surface area (Å²) >= 11 is 0. The van der Waals surface area contributed by atoms with Crippen molar-refractivity contribution in [2.24, 2.45) is 34.7 Å². The molecule has 2 saturated heterocycles. The zero-order valence-corrected chi connectivity index (χ0v) is 24.6. The minimum Gasteiger partial charge on any atom is -0.335 e. The van der Waals surface area contributed by atoms with Crippen LogP contribution in [-0.2, 0) is 9.59 Å². The lowest BCUT2D eigenvalue weighted by molar-refractivity contribution is -0.133. The summed E-state index contributed by atoms with van der Waals surface area (Å²) in [6, 6.07) is 19.9. The van der Waals surface area contributed by atoms with Crippen molar-refractivity contribution in [3.8, 4) is 0 Å². The van der Waals surface area contributed by atoms with Crippen LogP contribution in [0.4, 0.5) is 0 Å². The Balaban J connectivity index is 0.000000216. The maximum Gasteiger partial charge on any atom is 0.232 e. The van der Waals surface area contributed by atoms with Gasteiger partial charge in [-0.3, -0.25) is 9.59 Å². The highest BCUT2D eigenvalue weighted by atomic mass is 16.2. The molecule has 0 radical (unpaired) electrons. The van der Waals surface area contributed by atoms with Gasteiger partial charge in [-0.1, -0.05) is 100 Å². The number of azide groups is 1. The van der Waals surface area contributed by atoms with Crippen molar-refractivity contribution >= 4 is 11.8 Å². The molecule has 7 nitrogen and oxygen atoms in total. The summed E-state index contributed by atoms with van der Waals surface area (Å²) in [5.41, 5.74) is 11.0. The normalized spacial score (nSPS) is 24.4. The first-order chi connectivity index (χ1) is 18.6. The Bertz CT molecular complexity index is 1130. The predicted molar refractivity (Wildman–Crippen MR) is 157 cm³/mol. The maximum absolute atomic E-state index is 12.6. The van der Waals surface area contributed by atoms with Crippen molar-refractivity contribution in [2.75, 3.05) is 13.1 Å². The number of amides is 2. The summed E-state index contributed by atoms with van der Waals surface area (Å²) < 4.78 is 0. The number of rotatable bonds is 8. The van der Waals surface area contributed by atoms with E-state index in [0.717, 1.165) is 18.5 Å². The number of likely N-dealkylation sites (tertiary alicyclic amines) is 2. The lowest BCUT2D eigenvalue weighted by Gasteiger charge is -2.25. The van der Waals surface area contributed by atoms with Crippen LogP contribution in [0.5, 0.6) is 0 Å². The minimum absolute atomic E-state index is 0.00356. The molecule has 0 saturated carbocycles. The van der Waals surface area contributed by atoms with Crippen LogP contribution >= 0.6 is 0 Å². The van der Waals surface area contributed by atoms with Gasteiger partial charge in [0.05, 0.1) is 12.1 Å². The first-order valence-corrected chi connectivity index (χ1v) is 14.4. The van der Waals surface area contributed by atoms with Crippen LogP contribution in [0.15, 0.2) is 65.8 Å². The van der Waals surface area contributed by atoms with Gasteiger partial charge in [0, 0.05) is 23.9 Å². The van der Waals surface area contributed by atoms with Crippen molar-refractivity contribution in [3.05, 3.63) is 82.2 Å². The highest BCUT2D eigenvalue weighted by molar-refractivity contribution is 5.85. The summed E-state index contributed by atoms with van der Waals surface area (Å²) in [4.78, 5) is 31.8. The van der Waals surface area contributed by atoms with Crippen LogP contribution in [0.1, 0.15) is 78.1 Å². The molecule has 0 aromatic heterocycles. The molecule has 0 spiro atoms. The fourth-order valence-electron chi connectivity index (χ4n) is 6.05. The molecule has 2 aliphatic rings. The smallest absolute Gasteiger partial charge is 0.232 e. The van der Waals surface area contributed by atoms with E-state index in [1.807, 2.05) is 60.4 Å². The van der Waals surface area contributed by atoms with Crippen molar-refractivity contribution in [2.45, 2.75) is 73.0 Å². The fraction of sp³-hybridized carbons (Fsp3) is 0.562. The van der Waals surface area contributed by atoms with Crippen LogP contribution < -0.4 is 0 Å². The molecule has 2 aromatic carbocycles. The molecule has 0 unspecified atom stereocenters. The van der Waals surface area contributed by atoms with E-state index in [-0.39, 0.29) is 29.8 Å². The van der Waals surface area contributed by atoms with Gasteiger partial charge in [-0.25, -0.2) is 0 Å². The Labute approximate surface area is 234 Å². The van der Waals surface area contributed by atoms with E-state index >= 15 is 0 Å². The van der Waals surface area contributed by atoms with Crippen molar-refractivity contribution in [1.82, 2.24) is 9.80 Å². The third kappa shape index (κ3) is 6.83. The minimum atomic E-state index is -0.564. The van der Waals surface area contributed by atoms with E-state index in [4.69, 9.17) is 5.53 Å². The van der Waals surface area contributed by atoms with Crippen LogP contribution in [0.2, 0.25) is 0 Å². The molecule has 2 amide bonds. The highest BCUT2D eigenvalue weighted by Crippen LogP contribution is 2.37. The first-order valence-electron chi connectivity index (χ1n) is 14.4. The van der Waals surface area contributed by atoms with Gasteiger partial charge in [0.1, 0.15) is 6.04 Å². The van der Waals surface area contributed by atoms with Gasteiger partial charge in [0.25, 0.3) is 0 Å². The topological polar surface area (TPSA) is 89.4 Å². The number of carbonyl (C=O) groups excluding carboxylic acids is 2. The zero-order chi connectivity index (χ0) is 28.7. The average molecular weight is 532 g/mol. The van der Waals surface area contributed by atoms with E-state index in [1.54, 1.807) is 0 Å². The van der Waals surface area contributed by atoms with Crippen molar-refractivity contribution in [3.63, 3.8) is 0 Å². The van der Waals surface area contributed by atoms with Gasteiger partial charge in [0.2, 0.25) is 11.8 Å². The van der Waals surface area contributed by atoms with E-state index in [2.05, 4.69) is 68.6 Å². The van der Waals surface area contributed by atoms with E-state index in [1.165, 1.54) is 5.56 Å². The summed E-state index contributed by atoms with van der Waals surface area (Å²) in [7, 11) is 0. The number of carbonyl (C=O) groups is 2. The lowest BCUT2D eigenvalue weighted by atomic mass is 9.84. The van der Waals surface area contributed by atoms with E-state index in [9.17, 15) is 9.59 Å². The largest absolute Gasteiger partial charge is 0.335 e. The standard InChI is InChI=1S/C17H25NO.C15H20N4O/c1-5-15-16(12(2)3)11-18(17(15)19)13(4)14-9-7-6-8-10-14;1-10(2)13-9-19(15(20)14(13)17-18-16)11(3)12-7-5-4-6-8-12/h6-10,12-13,15-16H,5,11H2,1-4H3;4-8,10-11,13-14H,9H2,1-3H3/t13-,15+,16-;11-,13-,14+/m11/s1. The summed E-state index contributed by atoms with van der Waals surface area (Å²) in [6.45, 7) is 16.4. The van der Waals surface area contributed by atoms with Gasteiger partial charge in [-0.2, -0.15) is 0 Å².